The molecule has 0 aromatic heterocycles. The number of ether oxygens (including phenoxy) is 1. The average Bonchev–Trinajstić information content (AvgIpc) is 2.88. The summed E-state index contributed by atoms with van der Waals surface area (Å²) in [5, 5.41) is 14.7. The van der Waals surface area contributed by atoms with Gasteiger partial charge >= 0.3 is 0 Å². The van der Waals surface area contributed by atoms with Gasteiger partial charge in [0.15, 0.2) is 0 Å². The molecule has 1 unspecified atom stereocenters. The van der Waals surface area contributed by atoms with Crippen LogP contribution in [0.4, 0.5) is 5.69 Å². The maximum absolute atomic E-state index is 11.7. The fourth-order valence-electron chi connectivity index (χ4n) is 2.28. The predicted molar refractivity (Wildman–Crippen MR) is 90.0 cm³/mol. The third-order valence-electron chi connectivity index (χ3n) is 3.52. The van der Waals surface area contributed by atoms with Crippen LogP contribution in [0.5, 0.6) is 11.5 Å². The van der Waals surface area contributed by atoms with Gasteiger partial charge in [-0.1, -0.05) is 0 Å². The molecule has 2 aromatic rings. The number of benzene rings is 2. The molecule has 3 N–H and O–H groups in total. The lowest BCUT2D eigenvalue weighted by Gasteiger charge is -2.11. The molecule has 0 fully saturated rings. The normalized spacial score (nSPS) is 14.1. The quantitative estimate of drug-likeness (QED) is 0.552. The number of alkyl halides is 1. The van der Waals surface area contributed by atoms with Crippen LogP contribution in [-0.4, -0.2) is 35.4 Å². The number of nitrogens with one attached hydrogen (secondary N) is 2. The van der Waals surface area contributed by atoms with Crippen molar-refractivity contribution in [2.45, 2.75) is 6.10 Å². The van der Waals surface area contributed by atoms with E-state index in [1.807, 2.05) is 0 Å². The van der Waals surface area contributed by atoms with Gasteiger partial charge in [-0.3, -0.25) is 14.9 Å². The van der Waals surface area contributed by atoms with E-state index < -0.39 is 17.9 Å². The molecule has 124 valence electrons. The number of hydrogen-bond donors (Lipinski definition) is 3. The molecule has 0 radical (unpaired) electrons. The van der Waals surface area contributed by atoms with E-state index in [1.165, 1.54) is 0 Å². The van der Waals surface area contributed by atoms with Gasteiger partial charge in [0.1, 0.15) is 11.5 Å². The van der Waals surface area contributed by atoms with Crippen LogP contribution in [0.1, 0.15) is 20.7 Å². The van der Waals surface area contributed by atoms with Gasteiger partial charge in [-0.2, -0.15) is 0 Å². The number of aliphatic hydroxyl groups is 1. The Hall–Kier alpha value is -2.57. The van der Waals surface area contributed by atoms with E-state index in [0.717, 1.165) is 5.69 Å². The molecular formula is C17H15ClN2O4. The molecule has 2 amide bonds. The van der Waals surface area contributed by atoms with Crippen molar-refractivity contribution in [1.29, 1.82) is 0 Å². The lowest BCUT2D eigenvalue weighted by atomic mass is 10.1. The highest BCUT2D eigenvalue weighted by molar-refractivity contribution is 6.21. The molecule has 1 aliphatic rings. The van der Waals surface area contributed by atoms with E-state index in [0.29, 0.717) is 29.2 Å². The molecule has 0 saturated carbocycles. The van der Waals surface area contributed by atoms with Gasteiger partial charge in [0.2, 0.25) is 0 Å². The molecule has 0 aliphatic carbocycles. The highest BCUT2D eigenvalue weighted by Gasteiger charge is 2.26. The number of amides is 2. The fraction of sp³-hybridized carbons (Fsp3) is 0.176. The molecule has 0 saturated heterocycles. The summed E-state index contributed by atoms with van der Waals surface area (Å²) in [5.41, 5.74) is 1.49. The van der Waals surface area contributed by atoms with Crippen LogP contribution in [0.3, 0.4) is 0 Å². The van der Waals surface area contributed by atoms with E-state index in [-0.39, 0.29) is 5.88 Å². The van der Waals surface area contributed by atoms with E-state index >= 15 is 0 Å². The summed E-state index contributed by atoms with van der Waals surface area (Å²) >= 11 is 5.53. The van der Waals surface area contributed by atoms with Gasteiger partial charge in [-0.25, -0.2) is 0 Å². The minimum absolute atomic E-state index is 0.169. The smallest absolute Gasteiger partial charge is 0.259 e. The lowest BCUT2D eigenvalue weighted by Crippen LogP contribution is -2.20. The molecule has 6 nitrogen and oxygen atoms in total. The van der Waals surface area contributed by atoms with Crippen molar-refractivity contribution in [2.75, 3.05) is 17.7 Å². The van der Waals surface area contributed by atoms with Gasteiger partial charge in [0, 0.05) is 12.2 Å². The maximum Gasteiger partial charge on any atom is 0.259 e. The van der Waals surface area contributed by atoms with Crippen LogP contribution < -0.4 is 15.4 Å². The zero-order valence-electron chi connectivity index (χ0n) is 12.6. The average molecular weight is 347 g/mol. The molecule has 0 bridgehead atoms. The van der Waals surface area contributed by atoms with Crippen molar-refractivity contribution in [3.8, 4) is 11.5 Å². The molecule has 1 atom stereocenters. The van der Waals surface area contributed by atoms with Gasteiger partial charge in [-0.05, 0) is 42.5 Å². The third kappa shape index (κ3) is 3.50. The third-order valence-corrected chi connectivity index (χ3v) is 3.87. The first kappa shape index (κ1) is 16.3. The zero-order valence-corrected chi connectivity index (χ0v) is 13.3. The van der Waals surface area contributed by atoms with Crippen LogP contribution in [0.15, 0.2) is 42.5 Å². The number of hydrogen-bond acceptors (Lipinski definition) is 5. The zero-order chi connectivity index (χ0) is 17.1. The van der Waals surface area contributed by atoms with Crippen molar-refractivity contribution in [1.82, 2.24) is 5.32 Å². The first-order chi connectivity index (χ1) is 11.6. The van der Waals surface area contributed by atoms with Crippen molar-refractivity contribution < 1.29 is 19.4 Å². The van der Waals surface area contributed by atoms with Crippen LogP contribution in [0.25, 0.3) is 0 Å². The second-order valence-electron chi connectivity index (χ2n) is 5.31. The largest absolute Gasteiger partial charge is 0.457 e. The van der Waals surface area contributed by atoms with Gasteiger partial charge in [0.05, 0.1) is 23.1 Å². The Balaban J connectivity index is 1.67. The maximum atomic E-state index is 11.7. The number of aliphatic hydroxyl groups excluding tert-OH is 1. The number of rotatable bonds is 6. The summed E-state index contributed by atoms with van der Waals surface area (Å²) < 4.78 is 5.70. The Kier molecular flexibility index (Phi) is 4.69. The fourth-order valence-corrected chi connectivity index (χ4v) is 2.39. The Morgan fingerprint density at radius 1 is 1.04 bits per heavy atom. The topological polar surface area (TPSA) is 87.7 Å². The minimum Gasteiger partial charge on any atom is -0.457 e. The second kappa shape index (κ2) is 6.90. The molecule has 24 heavy (non-hydrogen) atoms. The minimum atomic E-state index is -0.608. The van der Waals surface area contributed by atoms with Gasteiger partial charge in [0.25, 0.3) is 11.8 Å². The Labute approximate surface area is 143 Å². The SMILES string of the molecule is O=C1NC(=O)c2cc(Oc3ccc(NCC(O)CCl)cc3)ccc21. The first-order valence-corrected chi connectivity index (χ1v) is 7.86. The summed E-state index contributed by atoms with van der Waals surface area (Å²) in [4.78, 5) is 23.2. The molecule has 3 rings (SSSR count). The molecule has 0 spiro atoms. The van der Waals surface area contributed by atoms with Gasteiger partial charge < -0.3 is 15.2 Å². The van der Waals surface area contributed by atoms with E-state index in [4.69, 9.17) is 16.3 Å². The van der Waals surface area contributed by atoms with Crippen LogP contribution in [0.2, 0.25) is 0 Å². The van der Waals surface area contributed by atoms with E-state index in [2.05, 4.69) is 10.6 Å². The van der Waals surface area contributed by atoms with Gasteiger partial charge in [-0.15, -0.1) is 11.6 Å². The summed E-state index contributed by atoms with van der Waals surface area (Å²) in [5.74, 6) is 0.414. The predicted octanol–water partition coefficient (Wildman–Crippen LogP) is 2.37. The summed E-state index contributed by atoms with van der Waals surface area (Å²) in [6, 6.07) is 11.9. The molecule has 2 aromatic carbocycles. The van der Waals surface area contributed by atoms with Crippen LogP contribution in [-0.2, 0) is 0 Å². The van der Waals surface area contributed by atoms with Crippen molar-refractivity contribution in [3.63, 3.8) is 0 Å². The van der Waals surface area contributed by atoms with Crippen molar-refractivity contribution in [3.05, 3.63) is 53.6 Å². The Morgan fingerprint density at radius 2 is 1.71 bits per heavy atom. The number of fused-ring (bicyclic) bond motifs is 1. The van der Waals surface area contributed by atoms with Crippen LogP contribution >= 0.6 is 11.6 Å². The summed E-state index contributed by atoms with van der Waals surface area (Å²) in [6.45, 7) is 0.359. The number of carbonyl (C=O) groups excluding carboxylic acids is 2. The number of imide groups is 1. The van der Waals surface area contributed by atoms with Crippen LogP contribution in [0, 0.1) is 0 Å². The summed E-state index contributed by atoms with van der Waals surface area (Å²) in [6.07, 6.45) is -0.608. The van der Waals surface area contributed by atoms with E-state index in [9.17, 15) is 14.7 Å². The summed E-state index contributed by atoms with van der Waals surface area (Å²) in [7, 11) is 0. The monoisotopic (exact) mass is 346 g/mol. The lowest BCUT2D eigenvalue weighted by molar-refractivity contribution is 0.0879. The van der Waals surface area contributed by atoms with Crippen molar-refractivity contribution in [2.24, 2.45) is 0 Å². The number of carbonyl (C=O) groups is 2. The molecule has 1 aliphatic heterocycles. The number of halogens is 1. The molecular weight excluding hydrogens is 332 g/mol. The Bertz CT molecular complexity index is 777. The van der Waals surface area contributed by atoms with Crippen molar-refractivity contribution >= 4 is 29.1 Å². The second-order valence-corrected chi connectivity index (χ2v) is 5.61. The highest BCUT2D eigenvalue weighted by Crippen LogP contribution is 2.27. The number of anilines is 1. The Morgan fingerprint density at radius 3 is 2.42 bits per heavy atom. The molecule has 1 heterocycles. The van der Waals surface area contributed by atoms with E-state index in [1.54, 1.807) is 42.5 Å². The highest BCUT2D eigenvalue weighted by atomic mass is 35.5. The molecule has 7 heteroatoms. The standard InChI is InChI=1S/C17H15ClN2O4/c18-8-11(21)9-19-10-1-3-12(4-2-10)24-13-5-6-14-15(7-13)17(23)20-16(14)22/h1-7,11,19,21H,8-9H2,(H,20,22,23). The first-order valence-electron chi connectivity index (χ1n) is 7.32.